The van der Waals surface area contributed by atoms with Crippen LogP contribution in [0.25, 0.3) is 44.2 Å². The molecule has 0 amide bonds. The third-order valence-corrected chi connectivity index (χ3v) is 7.43. The van der Waals surface area contributed by atoms with Crippen LogP contribution in [0.15, 0.2) is 34.9 Å². The van der Waals surface area contributed by atoms with Gasteiger partial charge in [-0.25, -0.2) is 4.98 Å². The van der Waals surface area contributed by atoms with Gasteiger partial charge in [0.05, 0.1) is 31.5 Å². The lowest BCUT2D eigenvalue weighted by Crippen LogP contribution is -2.23. The zero-order valence-corrected chi connectivity index (χ0v) is 20.1. The molecule has 1 aliphatic rings. The number of aryl methyl sites for hydroxylation is 2. The molecule has 0 unspecified atom stereocenters. The molecule has 0 bridgehead atoms. The summed E-state index contributed by atoms with van der Waals surface area (Å²) in [5, 5.41) is 13.7. The van der Waals surface area contributed by atoms with Crippen molar-refractivity contribution in [1.29, 1.82) is 0 Å². The minimum atomic E-state index is -0.0281. The first-order chi connectivity index (χ1) is 16.3. The van der Waals surface area contributed by atoms with Gasteiger partial charge in [0.25, 0.3) is 0 Å². The number of imidazole rings is 1. The molecule has 174 valence electrons. The summed E-state index contributed by atoms with van der Waals surface area (Å²) in [6.45, 7) is 6.72. The second-order valence-electron chi connectivity index (χ2n) is 9.91. The van der Waals surface area contributed by atoms with Gasteiger partial charge in [0, 0.05) is 21.7 Å². The number of rotatable bonds is 3. The molecular weight excluding hydrogens is 428 g/mol. The van der Waals surface area contributed by atoms with Crippen molar-refractivity contribution in [3.05, 3.63) is 47.2 Å². The van der Waals surface area contributed by atoms with Crippen LogP contribution in [0.5, 0.6) is 17.2 Å². The van der Waals surface area contributed by atoms with Crippen molar-refractivity contribution in [3.63, 3.8) is 0 Å². The number of methoxy groups -OCH3 is 2. The second kappa shape index (κ2) is 7.16. The highest BCUT2D eigenvalue weighted by Crippen LogP contribution is 2.46. The first kappa shape index (κ1) is 20.9. The van der Waals surface area contributed by atoms with E-state index in [1.807, 2.05) is 6.26 Å². The Bertz CT molecular complexity index is 1580. The van der Waals surface area contributed by atoms with Crippen molar-refractivity contribution in [2.24, 2.45) is 0 Å². The zero-order chi connectivity index (χ0) is 23.8. The number of ether oxygens (including phenoxy) is 2. The Kier molecular flexibility index (Phi) is 4.40. The number of furan rings is 1. The highest BCUT2D eigenvalue weighted by atomic mass is 16.5. The molecule has 2 heterocycles. The Labute approximate surface area is 197 Å². The Balaban J connectivity index is 1.74. The van der Waals surface area contributed by atoms with E-state index < -0.39 is 0 Å². The number of hydrogen-bond acceptors (Lipinski definition) is 5. The summed E-state index contributed by atoms with van der Waals surface area (Å²) < 4.78 is 16.9. The Morgan fingerprint density at radius 2 is 1.82 bits per heavy atom. The van der Waals surface area contributed by atoms with Crippen molar-refractivity contribution in [1.82, 2.24) is 9.97 Å². The maximum Gasteiger partial charge on any atom is 0.200 e. The fraction of sp³-hybridized carbons (Fsp3) is 0.321. The van der Waals surface area contributed by atoms with E-state index in [9.17, 15) is 5.11 Å². The quantitative estimate of drug-likeness (QED) is 0.313. The van der Waals surface area contributed by atoms with Crippen LogP contribution >= 0.6 is 0 Å². The molecule has 2 aromatic heterocycles. The number of phenolic OH excluding ortho intramolecular Hbond substituents is 1. The molecule has 0 radical (unpaired) electrons. The van der Waals surface area contributed by atoms with Gasteiger partial charge >= 0.3 is 0 Å². The van der Waals surface area contributed by atoms with E-state index in [2.05, 4.69) is 37.9 Å². The van der Waals surface area contributed by atoms with Crippen LogP contribution in [0.1, 0.15) is 43.4 Å². The van der Waals surface area contributed by atoms with Crippen molar-refractivity contribution in [2.45, 2.75) is 45.4 Å². The molecule has 34 heavy (non-hydrogen) atoms. The summed E-state index contributed by atoms with van der Waals surface area (Å²) in [5.41, 5.74) is 7.53. The van der Waals surface area contributed by atoms with Gasteiger partial charge in [-0.15, -0.1) is 0 Å². The predicted octanol–water partition coefficient (Wildman–Crippen LogP) is 6.77. The largest absolute Gasteiger partial charge is 0.502 e. The maximum atomic E-state index is 10.4. The minimum Gasteiger partial charge on any atom is -0.502 e. The van der Waals surface area contributed by atoms with Gasteiger partial charge < -0.3 is 24.0 Å². The molecule has 5 aromatic rings. The van der Waals surface area contributed by atoms with E-state index in [1.54, 1.807) is 12.1 Å². The molecule has 6 rings (SSSR count). The average molecular weight is 457 g/mol. The lowest BCUT2D eigenvalue weighted by molar-refractivity contribution is 0.340. The standard InChI is InChI=1S/C28H28N2O4/c1-14-13-34-26-17-8-9-18-16(7-6-10-28(18,2)3)22(17)24-23(21(14)26)29-27(30-24)15-11-19(32-4)25(31)20(12-15)33-5/h8-9,11-13,31H,6-7,10H2,1-5H3,(H,29,30). The van der Waals surface area contributed by atoms with Crippen LogP contribution in [-0.4, -0.2) is 29.3 Å². The molecule has 0 spiro atoms. The van der Waals surface area contributed by atoms with Crippen molar-refractivity contribution in [2.75, 3.05) is 14.2 Å². The molecule has 6 nitrogen and oxygen atoms in total. The number of aromatic hydroxyl groups is 1. The number of fused-ring (bicyclic) bond motifs is 8. The molecule has 2 N–H and O–H groups in total. The summed E-state index contributed by atoms with van der Waals surface area (Å²) >= 11 is 0. The van der Waals surface area contributed by atoms with Gasteiger partial charge in [0.1, 0.15) is 11.4 Å². The smallest absolute Gasteiger partial charge is 0.200 e. The van der Waals surface area contributed by atoms with Gasteiger partial charge in [-0.3, -0.25) is 0 Å². The number of aromatic amines is 1. The molecule has 6 heteroatoms. The number of phenols is 1. The normalized spacial score (nSPS) is 15.2. The van der Waals surface area contributed by atoms with Crippen LogP contribution in [0.3, 0.4) is 0 Å². The van der Waals surface area contributed by atoms with Crippen LogP contribution in [0.2, 0.25) is 0 Å². The van der Waals surface area contributed by atoms with E-state index in [4.69, 9.17) is 18.9 Å². The van der Waals surface area contributed by atoms with E-state index in [-0.39, 0.29) is 11.2 Å². The fourth-order valence-electron chi connectivity index (χ4n) is 5.70. The molecule has 0 aliphatic heterocycles. The minimum absolute atomic E-state index is 0.0281. The summed E-state index contributed by atoms with van der Waals surface area (Å²) in [6, 6.07) is 8.03. The topological polar surface area (TPSA) is 80.5 Å². The van der Waals surface area contributed by atoms with Crippen molar-refractivity contribution < 1.29 is 19.0 Å². The molecule has 3 aromatic carbocycles. The molecule has 1 aliphatic carbocycles. The predicted molar refractivity (Wildman–Crippen MR) is 134 cm³/mol. The summed E-state index contributed by atoms with van der Waals surface area (Å²) in [6.07, 6.45) is 5.18. The highest BCUT2D eigenvalue weighted by Gasteiger charge is 2.30. The Hall–Kier alpha value is -3.67. The van der Waals surface area contributed by atoms with Gasteiger partial charge in [0.15, 0.2) is 11.5 Å². The third kappa shape index (κ3) is 2.77. The first-order valence-electron chi connectivity index (χ1n) is 11.6. The zero-order valence-electron chi connectivity index (χ0n) is 20.1. The molecule has 0 saturated carbocycles. The number of H-pyrrole nitrogens is 1. The summed E-state index contributed by atoms with van der Waals surface area (Å²) in [5.74, 6) is 1.33. The maximum absolute atomic E-state index is 10.4. The van der Waals surface area contributed by atoms with E-state index >= 15 is 0 Å². The van der Waals surface area contributed by atoms with Crippen molar-refractivity contribution >= 4 is 32.8 Å². The molecular formula is C28H28N2O4. The van der Waals surface area contributed by atoms with Crippen molar-refractivity contribution in [3.8, 4) is 28.6 Å². The number of hydrogen-bond donors (Lipinski definition) is 2. The van der Waals surface area contributed by atoms with Gasteiger partial charge in [-0.05, 0) is 60.4 Å². The third-order valence-electron chi connectivity index (χ3n) is 7.43. The van der Waals surface area contributed by atoms with E-state index in [0.29, 0.717) is 17.3 Å². The highest BCUT2D eigenvalue weighted by molar-refractivity contribution is 6.24. The Morgan fingerprint density at radius 3 is 2.53 bits per heavy atom. The monoisotopic (exact) mass is 456 g/mol. The van der Waals surface area contributed by atoms with Crippen LogP contribution in [-0.2, 0) is 11.8 Å². The Morgan fingerprint density at radius 1 is 1.09 bits per heavy atom. The lowest BCUT2D eigenvalue weighted by atomic mass is 9.71. The SMILES string of the molecule is COc1cc(-c2nc3c([nH]2)c2c(C)coc2c2ccc4c(c23)CCCC4(C)C)cc(OC)c1O. The van der Waals surface area contributed by atoms with E-state index in [1.165, 1.54) is 37.2 Å². The van der Waals surface area contributed by atoms with Gasteiger partial charge in [-0.1, -0.05) is 26.0 Å². The van der Waals surface area contributed by atoms with Crippen LogP contribution in [0, 0.1) is 6.92 Å². The fourth-order valence-corrected chi connectivity index (χ4v) is 5.70. The van der Waals surface area contributed by atoms with Gasteiger partial charge in [0.2, 0.25) is 5.75 Å². The van der Waals surface area contributed by atoms with Crippen LogP contribution in [0.4, 0.5) is 0 Å². The lowest BCUT2D eigenvalue weighted by Gasteiger charge is -2.33. The number of benzene rings is 3. The number of nitrogens with one attached hydrogen (secondary N) is 1. The number of nitrogens with zero attached hydrogens (tertiary/aromatic N) is 1. The summed E-state index contributed by atoms with van der Waals surface area (Å²) in [4.78, 5) is 8.69. The van der Waals surface area contributed by atoms with Gasteiger partial charge in [-0.2, -0.15) is 0 Å². The average Bonchev–Trinajstić information content (AvgIpc) is 3.43. The van der Waals surface area contributed by atoms with Crippen LogP contribution < -0.4 is 9.47 Å². The summed E-state index contributed by atoms with van der Waals surface area (Å²) in [7, 11) is 3.05. The molecule has 0 fully saturated rings. The number of aromatic nitrogens is 2. The molecule has 0 saturated heterocycles. The first-order valence-corrected chi connectivity index (χ1v) is 11.6. The second-order valence-corrected chi connectivity index (χ2v) is 9.91. The van der Waals surface area contributed by atoms with E-state index in [0.717, 1.165) is 51.4 Å². The molecule has 0 atom stereocenters.